The number of nitrogens with two attached hydrogens (primary N) is 1. The Bertz CT molecular complexity index is 414. The lowest BCUT2D eigenvalue weighted by Gasteiger charge is -2.37. The minimum Gasteiger partial charge on any atom is -1.00 e. The second kappa shape index (κ2) is 4.54. The third kappa shape index (κ3) is 1.80. The quantitative estimate of drug-likeness (QED) is 0.731. The molecule has 0 aromatic heterocycles. The molecule has 0 heterocycles. The molecule has 1 aromatic rings. The predicted molar refractivity (Wildman–Crippen MR) is 71.0 cm³/mol. The number of hydrogen-bond donors (Lipinski definition) is 1. The van der Waals surface area contributed by atoms with Crippen LogP contribution in [0.4, 0.5) is 5.69 Å². The number of quaternary nitrogens is 1. The fourth-order valence-corrected chi connectivity index (χ4v) is 4.31. The van der Waals surface area contributed by atoms with Crippen LogP contribution in [0, 0.1) is 16.7 Å². The minimum atomic E-state index is 0. The molecule has 3 rings (SSSR count). The minimum absolute atomic E-state index is 0. The van der Waals surface area contributed by atoms with Gasteiger partial charge in [0.05, 0.1) is 6.04 Å². The molecule has 1 aromatic carbocycles. The van der Waals surface area contributed by atoms with Gasteiger partial charge in [-0.2, -0.15) is 0 Å². The molecule has 3 unspecified atom stereocenters. The van der Waals surface area contributed by atoms with Crippen molar-refractivity contribution in [2.45, 2.75) is 46.1 Å². The molecule has 3 atom stereocenters. The van der Waals surface area contributed by atoms with Gasteiger partial charge in [-0.25, -0.2) is 0 Å². The summed E-state index contributed by atoms with van der Waals surface area (Å²) >= 11 is 0. The summed E-state index contributed by atoms with van der Waals surface area (Å²) in [5.41, 5.74) is 2.46. The van der Waals surface area contributed by atoms with Gasteiger partial charge in [-0.1, -0.05) is 39.0 Å². The van der Waals surface area contributed by atoms with Gasteiger partial charge in [0.2, 0.25) is 0 Å². The van der Waals surface area contributed by atoms with E-state index in [0.29, 0.717) is 10.8 Å². The van der Waals surface area contributed by atoms with Crippen molar-refractivity contribution < 1.29 is 17.7 Å². The summed E-state index contributed by atoms with van der Waals surface area (Å²) in [6, 6.07) is 11.6. The first kappa shape index (κ1) is 13.9. The van der Waals surface area contributed by atoms with Crippen molar-refractivity contribution in [3.8, 4) is 0 Å². The normalized spacial score (nSPS) is 36.4. The Kier molecular flexibility index (Phi) is 3.50. The Balaban J connectivity index is 0.00000120. The lowest BCUT2D eigenvalue weighted by Crippen LogP contribution is -3.00. The van der Waals surface area contributed by atoms with E-state index in [2.05, 4.69) is 56.4 Å². The average molecular weight is 266 g/mol. The van der Waals surface area contributed by atoms with E-state index in [0.717, 1.165) is 12.0 Å². The predicted octanol–water partition coefficient (Wildman–Crippen LogP) is 0.100. The highest BCUT2D eigenvalue weighted by atomic mass is 35.5. The summed E-state index contributed by atoms with van der Waals surface area (Å²) in [6.45, 7) is 7.50. The molecule has 0 saturated heterocycles. The third-order valence-corrected chi connectivity index (χ3v) is 6.05. The first-order chi connectivity index (χ1) is 8.04. The first-order valence-electron chi connectivity index (χ1n) is 6.94. The Morgan fingerprint density at radius 2 is 1.78 bits per heavy atom. The number of halogens is 1. The van der Waals surface area contributed by atoms with E-state index < -0.39 is 0 Å². The van der Waals surface area contributed by atoms with Crippen LogP contribution in [-0.2, 0) is 0 Å². The van der Waals surface area contributed by atoms with E-state index in [1.165, 1.54) is 24.9 Å². The highest BCUT2D eigenvalue weighted by molar-refractivity contribution is 5.27. The number of fused-ring (bicyclic) bond motifs is 2. The summed E-state index contributed by atoms with van der Waals surface area (Å²) in [5.74, 6) is 0.942. The first-order valence-corrected chi connectivity index (χ1v) is 6.94. The van der Waals surface area contributed by atoms with Crippen LogP contribution < -0.4 is 17.7 Å². The van der Waals surface area contributed by atoms with E-state index in [-0.39, 0.29) is 12.4 Å². The van der Waals surface area contributed by atoms with Gasteiger partial charge in [0.1, 0.15) is 5.69 Å². The van der Waals surface area contributed by atoms with Gasteiger partial charge in [0.25, 0.3) is 0 Å². The van der Waals surface area contributed by atoms with Crippen LogP contribution in [0.5, 0.6) is 0 Å². The Morgan fingerprint density at radius 1 is 1.11 bits per heavy atom. The molecule has 2 N–H and O–H groups in total. The molecule has 1 nitrogen and oxygen atoms in total. The fraction of sp³-hybridized carbons (Fsp3) is 0.625. The van der Waals surface area contributed by atoms with E-state index in [4.69, 9.17) is 0 Å². The summed E-state index contributed by atoms with van der Waals surface area (Å²) in [7, 11) is 0. The molecule has 2 aliphatic carbocycles. The molecule has 0 radical (unpaired) electrons. The zero-order valence-corrected chi connectivity index (χ0v) is 12.4. The largest absolute Gasteiger partial charge is 1.00 e. The third-order valence-electron chi connectivity index (χ3n) is 6.05. The van der Waals surface area contributed by atoms with Gasteiger partial charge in [0, 0.05) is 11.8 Å². The summed E-state index contributed by atoms with van der Waals surface area (Å²) in [6.07, 6.45) is 4.26. The van der Waals surface area contributed by atoms with Crippen molar-refractivity contribution in [3.63, 3.8) is 0 Å². The molecule has 100 valence electrons. The molecule has 2 aliphatic rings. The van der Waals surface area contributed by atoms with E-state index in [1.54, 1.807) is 0 Å². The number of para-hydroxylation sites is 1. The van der Waals surface area contributed by atoms with Gasteiger partial charge in [-0.05, 0) is 36.3 Å². The second-order valence-electron chi connectivity index (χ2n) is 6.79. The average Bonchev–Trinajstić information content (AvgIpc) is 2.63. The maximum Gasteiger partial charge on any atom is 0.129 e. The molecular weight excluding hydrogens is 242 g/mol. The Hall–Kier alpha value is -0.530. The van der Waals surface area contributed by atoms with Crippen LogP contribution in [0.15, 0.2) is 30.3 Å². The Morgan fingerprint density at radius 3 is 2.28 bits per heavy atom. The number of rotatable bonds is 2. The lowest BCUT2D eigenvalue weighted by atomic mass is 9.69. The van der Waals surface area contributed by atoms with Gasteiger partial charge >= 0.3 is 0 Å². The molecule has 0 aliphatic heterocycles. The Labute approximate surface area is 117 Å². The highest BCUT2D eigenvalue weighted by Crippen LogP contribution is 2.64. The van der Waals surface area contributed by atoms with Crippen LogP contribution >= 0.6 is 0 Å². The lowest BCUT2D eigenvalue weighted by molar-refractivity contribution is -0.627. The standard InChI is InChI=1S/C16H23N.ClH/c1-15(2)12-9-10-16(15,3)14(11-12)17-13-7-5-4-6-8-13;/h4-8,12,14,17H,9-11H2,1-3H3;1H. The van der Waals surface area contributed by atoms with Gasteiger partial charge in [-0.3, -0.25) is 0 Å². The zero-order valence-electron chi connectivity index (χ0n) is 11.6. The van der Waals surface area contributed by atoms with Gasteiger partial charge < -0.3 is 17.7 Å². The monoisotopic (exact) mass is 265 g/mol. The van der Waals surface area contributed by atoms with Crippen molar-refractivity contribution in [1.82, 2.24) is 0 Å². The second-order valence-corrected chi connectivity index (χ2v) is 6.79. The fourth-order valence-electron chi connectivity index (χ4n) is 4.31. The summed E-state index contributed by atoms with van der Waals surface area (Å²) in [5, 5.41) is 2.53. The van der Waals surface area contributed by atoms with E-state index >= 15 is 0 Å². The number of hydrogen-bond acceptors (Lipinski definition) is 0. The zero-order chi connectivity index (χ0) is 12.1. The molecule has 2 heteroatoms. The maximum atomic E-state index is 2.53. The van der Waals surface area contributed by atoms with Gasteiger partial charge in [0.15, 0.2) is 0 Å². The topological polar surface area (TPSA) is 16.6 Å². The maximum absolute atomic E-state index is 2.53. The molecule has 2 bridgehead atoms. The van der Waals surface area contributed by atoms with Crippen molar-refractivity contribution in [2.75, 3.05) is 0 Å². The van der Waals surface area contributed by atoms with Gasteiger partial charge in [-0.15, -0.1) is 0 Å². The van der Waals surface area contributed by atoms with Crippen molar-refractivity contribution in [3.05, 3.63) is 30.3 Å². The van der Waals surface area contributed by atoms with E-state index in [9.17, 15) is 0 Å². The SMILES string of the molecule is CC1(C)C2CCC1(C)C([NH2+]c1ccccc1)C2.[Cl-]. The molecule has 2 saturated carbocycles. The van der Waals surface area contributed by atoms with Crippen LogP contribution in [0.2, 0.25) is 0 Å². The highest BCUT2D eigenvalue weighted by Gasteiger charge is 2.63. The van der Waals surface area contributed by atoms with Crippen LogP contribution in [-0.4, -0.2) is 6.04 Å². The van der Waals surface area contributed by atoms with Crippen LogP contribution in [0.25, 0.3) is 0 Å². The molecule has 18 heavy (non-hydrogen) atoms. The molecular formula is C16H24ClN. The van der Waals surface area contributed by atoms with Crippen LogP contribution in [0.1, 0.15) is 40.0 Å². The van der Waals surface area contributed by atoms with Crippen molar-refractivity contribution in [1.29, 1.82) is 0 Å². The van der Waals surface area contributed by atoms with Crippen LogP contribution in [0.3, 0.4) is 0 Å². The molecule has 2 fully saturated rings. The summed E-state index contributed by atoms with van der Waals surface area (Å²) in [4.78, 5) is 0. The van der Waals surface area contributed by atoms with Crippen molar-refractivity contribution >= 4 is 5.69 Å². The van der Waals surface area contributed by atoms with Crippen molar-refractivity contribution in [2.24, 2.45) is 16.7 Å². The molecule has 0 amide bonds. The molecule has 0 spiro atoms. The smallest absolute Gasteiger partial charge is 0.129 e. The van der Waals surface area contributed by atoms with E-state index in [1.807, 2.05) is 0 Å². The number of benzene rings is 1. The summed E-state index contributed by atoms with van der Waals surface area (Å²) < 4.78 is 0.